The Balaban J connectivity index is 2.35. The average Bonchev–Trinajstić information content (AvgIpc) is 3.02. The number of nitrogens with two attached hydrogens (primary N) is 1. The molecule has 2 aromatic rings. The Bertz CT molecular complexity index is 704. The third-order valence-corrected chi connectivity index (χ3v) is 5.68. The summed E-state index contributed by atoms with van der Waals surface area (Å²) >= 11 is 2.14. The van der Waals surface area contributed by atoms with Crippen LogP contribution in [0.4, 0.5) is 5.95 Å². The zero-order chi connectivity index (χ0) is 12.2. The SMILES string of the molecule is Nc1nc2ccc(I)cc2n1S(=O)(=O)C1CC1. The van der Waals surface area contributed by atoms with Crippen LogP contribution in [-0.2, 0) is 10.0 Å². The fourth-order valence-corrected chi connectivity index (χ4v) is 4.06. The van der Waals surface area contributed by atoms with Crippen LogP contribution in [0.5, 0.6) is 0 Å². The molecule has 0 amide bonds. The Morgan fingerprint density at radius 3 is 2.76 bits per heavy atom. The molecule has 1 aromatic heterocycles. The van der Waals surface area contributed by atoms with Gasteiger partial charge in [0.25, 0.3) is 0 Å². The molecule has 17 heavy (non-hydrogen) atoms. The summed E-state index contributed by atoms with van der Waals surface area (Å²) in [7, 11) is -3.37. The minimum atomic E-state index is -3.37. The van der Waals surface area contributed by atoms with E-state index in [1.54, 1.807) is 12.1 Å². The molecular formula is C10H10IN3O2S. The zero-order valence-corrected chi connectivity index (χ0v) is 11.8. The Morgan fingerprint density at radius 1 is 1.41 bits per heavy atom. The molecule has 1 fully saturated rings. The van der Waals surface area contributed by atoms with Gasteiger partial charge in [0.15, 0.2) is 0 Å². The summed E-state index contributed by atoms with van der Waals surface area (Å²) in [5, 5.41) is -0.292. The van der Waals surface area contributed by atoms with E-state index in [4.69, 9.17) is 5.73 Å². The van der Waals surface area contributed by atoms with Crippen LogP contribution in [0.3, 0.4) is 0 Å². The lowest BCUT2D eigenvalue weighted by molar-refractivity contribution is 0.588. The van der Waals surface area contributed by atoms with E-state index in [0.29, 0.717) is 23.9 Å². The van der Waals surface area contributed by atoms with Crippen LogP contribution in [0.1, 0.15) is 12.8 Å². The van der Waals surface area contributed by atoms with Crippen LogP contribution in [-0.4, -0.2) is 22.6 Å². The van der Waals surface area contributed by atoms with Gasteiger partial charge in [-0.05, 0) is 53.6 Å². The molecule has 0 saturated heterocycles. The molecule has 0 aliphatic heterocycles. The number of hydrogen-bond acceptors (Lipinski definition) is 4. The highest BCUT2D eigenvalue weighted by molar-refractivity contribution is 14.1. The van der Waals surface area contributed by atoms with Crippen molar-refractivity contribution in [3.8, 4) is 0 Å². The summed E-state index contributed by atoms with van der Waals surface area (Å²) in [5.41, 5.74) is 6.91. The lowest BCUT2D eigenvalue weighted by Crippen LogP contribution is -2.19. The number of nitrogens with zero attached hydrogens (tertiary/aromatic N) is 2. The Kier molecular flexibility index (Phi) is 2.37. The quantitative estimate of drug-likeness (QED) is 0.822. The molecule has 0 radical (unpaired) electrons. The lowest BCUT2D eigenvalue weighted by atomic mass is 10.3. The van der Waals surface area contributed by atoms with E-state index in [1.807, 2.05) is 6.07 Å². The molecule has 2 N–H and O–H groups in total. The fourth-order valence-electron chi connectivity index (χ4n) is 1.83. The normalized spacial score (nSPS) is 16.5. The Labute approximate surface area is 112 Å². The fraction of sp³-hybridized carbons (Fsp3) is 0.300. The van der Waals surface area contributed by atoms with Gasteiger partial charge < -0.3 is 5.73 Å². The first-order valence-electron chi connectivity index (χ1n) is 5.18. The molecule has 0 bridgehead atoms. The predicted octanol–water partition coefficient (Wildman–Crippen LogP) is 1.56. The molecule has 3 rings (SSSR count). The van der Waals surface area contributed by atoms with Crippen molar-refractivity contribution in [3.05, 3.63) is 21.8 Å². The van der Waals surface area contributed by atoms with Gasteiger partial charge in [-0.25, -0.2) is 17.4 Å². The minimum absolute atomic E-state index is 0.0499. The first-order chi connectivity index (χ1) is 8.00. The molecule has 90 valence electrons. The first-order valence-corrected chi connectivity index (χ1v) is 7.76. The largest absolute Gasteiger partial charge is 0.368 e. The van der Waals surface area contributed by atoms with Crippen LogP contribution in [0.2, 0.25) is 0 Å². The summed E-state index contributed by atoms with van der Waals surface area (Å²) in [6.07, 6.45) is 1.43. The van der Waals surface area contributed by atoms with Crippen LogP contribution in [0.25, 0.3) is 11.0 Å². The van der Waals surface area contributed by atoms with Crippen molar-refractivity contribution in [2.24, 2.45) is 0 Å². The number of nitrogen functional groups attached to an aromatic ring is 1. The van der Waals surface area contributed by atoms with Gasteiger partial charge in [-0.1, -0.05) is 0 Å². The summed E-state index contributed by atoms with van der Waals surface area (Å²) in [6.45, 7) is 0. The lowest BCUT2D eigenvalue weighted by Gasteiger charge is -2.06. The number of imidazole rings is 1. The Hall–Kier alpha value is -0.830. The second-order valence-corrected chi connectivity index (χ2v) is 7.42. The maximum atomic E-state index is 12.2. The van der Waals surface area contributed by atoms with Crippen LogP contribution >= 0.6 is 22.6 Å². The van der Waals surface area contributed by atoms with Gasteiger partial charge in [0, 0.05) is 3.57 Å². The topological polar surface area (TPSA) is 78.0 Å². The van der Waals surface area contributed by atoms with Crippen molar-refractivity contribution in [2.45, 2.75) is 18.1 Å². The predicted molar refractivity (Wildman–Crippen MR) is 74.2 cm³/mol. The van der Waals surface area contributed by atoms with Crippen molar-refractivity contribution in [1.29, 1.82) is 0 Å². The highest BCUT2D eigenvalue weighted by Gasteiger charge is 2.39. The molecule has 0 spiro atoms. The second-order valence-electron chi connectivity index (χ2n) is 4.11. The molecule has 1 aliphatic rings. The van der Waals surface area contributed by atoms with Crippen molar-refractivity contribution in [2.75, 3.05) is 5.73 Å². The van der Waals surface area contributed by atoms with E-state index in [1.165, 1.54) is 3.97 Å². The molecule has 0 unspecified atom stereocenters. The van der Waals surface area contributed by atoms with E-state index in [0.717, 1.165) is 3.57 Å². The van der Waals surface area contributed by atoms with Gasteiger partial charge in [-0.15, -0.1) is 0 Å². The summed E-state index contributed by atoms with van der Waals surface area (Å²) in [5.74, 6) is 0.0499. The van der Waals surface area contributed by atoms with Gasteiger partial charge in [0.05, 0.1) is 16.3 Å². The zero-order valence-electron chi connectivity index (χ0n) is 8.80. The average molecular weight is 363 g/mol. The summed E-state index contributed by atoms with van der Waals surface area (Å²) in [4.78, 5) is 4.09. The molecule has 1 aromatic carbocycles. The number of fused-ring (bicyclic) bond motifs is 1. The minimum Gasteiger partial charge on any atom is -0.368 e. The summed E-state index contributed by atoms with van der Waals surface area (Å²) < 4.78 is 26.6. The van der Waals surface area contributed by atoms with Gasteiger partial charge in [0.1, 0.15) is 0 Å². The van der Waals surface area contributed by atoms with Crippen LogP contribution in [0, 0.1) is 3.57 Å². The van der Waals surface area contributed by atoms with Crippen molar-refractivity contribution < 1.29 is 8.42 Å². The van der Waals surface area contributed by atoms with E-state index in [9.17, 15) is 8.42 Å². The van der Waals surface area contributed by atoms with Crippen molar-refractivity contribution in [1.82, 2.24) is 8.96 Å². The number of halogens is 1. The molecule has 7 heteroatoms. The molecule has 1 heterocycles. The molecule has 1 saturated carbocycles. The van der Waals surface area contributed by atoms with Gasteiger partial charge in [-0.2, -0.15) is 0 Å². The smallest absolute Gasteiger partial charge is 0.244 e. The van der Waals surface area contributed by atoms with E-state index >= 15 is 0 Å². The van der Waals surface area contributed by atoms with Gasteiger partial charge in [0.2, 0.25) is 16.0 Å². The highest BCUT2D eigenvalue weighted by atomic mass is 127. The number of aromatic nitrogens is 2. The molecule has 1 aliphatic carbocycles. The molecule has 5 nitrogen and oxygen atoms in total. The molecule has 0 atom stereocenters. The van der Waals surface area contributed by atoms with E-state index < -0.39 is 10.0 Å². The number of hydrogen-bond donors (Lipinski definition) is 1. The molecular weight excluding hydrogens is 353 g/mol. The second kappa shape index (κ2) is 3.58. The number of rotatable bonds is 2. The van der Waals surface area contributed by atoms with E-state index in [-0.39, 0.29) is 11.2 Å². The third-order valence-electron chi connectivity index (χ3n) is 2.80. The Morgan fingerprint density at radius 2 is 2.12 bits per heavy atom. The third kappa shape index (κ3) is 1.71. The van der Waals surface area contributed by atoms with Gasteiger partial charge in [-0.3, -0.25) is 0 Å². The van der Waals surface area contributed by atoms with Crippen LogP contribution < -0.4 is 5.73 Å². The standard InChI is InChI=1S/C10H10IN3O2S/c11-6-1-4-8-9(5-6)14(10(12)13-8)17(15,16)7-2-3-7/h1,4-5,7H,2-3H2,(H2,12,13). The maximum absolute atomic E-state index is 12.2. The monoisotopic (exact) mass is 363 g/mol. The maximum Gasteiger partial charge on any atom is 0.244 e. The number of anilines is 1. The number of benzene rings is 1. The van der Waals surface area contributed by atoms with Crippen LogP contribution in [0.15, 0.2) is 18.2 Å². The van der Waals surface area contributed by atoms with Crippen molar-refractivity contribution in [3.63, 3.8) is 0 Å². The van der Waals surface area contributed by atoms with Gasteiger partial charge >= 0.3 is 0 Å². The van der Waals surface area contributed by atoms with Crippen molar-refractivity contribution >= 4 is 49.6 Å². The first kappa shape index (κ1) is 11.3. The summed E-state index contributed by atoms with van der Waals surface area (Å²) in [6, 6.07) is 5.45. The highest BCUT2D eigenvalue weighted by Crippen LogP contribution is 2.33. The van der Waals surface area contributed by atoms with E-state index in [2.05, 4.69) is 27.6 Å².